The van der Waals surface area contributed by atoms with Gasteiger partial charge in [0.1, 0.15) is 0 Å². The summed E-state index contributed by atoms with van der Waals surface area (Å²) in [5, 5.41) is 5.74. The van der Waals surface area contributed by atoms with Gasteiger partial charge in [-0.1, -0.05) is 51.1 Å². The van der Waals surface area contributed by atoms with Crippen LogP contribution in [0.4, 0.5) is 21.6 Å². The predicted octanol–water partition coefficient (Wildman–Crippen LogP) is 5.44. The molecule has 1 aliphatic heterocycles. The van der Waals surface area contributed by atoms with Gasteiger partial charge in [-0.05, 0) is 52.9 Å². The minimum absolute atomic E-state index is 0.0168. The number of rotatable bonds is 7. The number of hydrogen-bond donors (Lipinski definition) is 2. The number of nitrogens with zero attached hydrogens (tertiary/aromatic N) is 3. The van der Waals surface area contributed by atoms with Crippen LogP contribution in [0.5, 0.6) is 0 Å². The first kappa shape index (κ1) is 30.3. The van der Waals surface area contributed by atoms with Gasteiger partial charge in [-0.3, -0.25) is 18.7 Å². The Bertz CT molecular complexity index is 1700. The van der Waals surface area contributed by atoms with Crippen molar-refractivity contribution in [3.8, 4) is 11.3 Å². The van der Waals surface area contributed by atoms with Crippen LogP contribution >= 0.6 is 0 Å². The third kappa shape index (κ3) is 7.26. The van der Waals surface area contributed by atoms with Crippen LogP contribution in [-0.4, -0.2) is 49.2 Å². The van der Waals surface area contributed by atoms with E-state index >= 15 is 4.39 Å². The zero-order valence-electron chi connectivity index (χ0n) is 24.8. The molecule has 43 heavy (non-hydrogen) atoms. The summed E-state index contributed by atoms with van der Waals surface area (Å²) in [6.07, 6.45) is 1.47. The summed E-state index contributed by atoms with van der Waals surface area (Å²) in [7, 11) is 0.867. The van der Waals surface area contributed by atoms with Crippen molar-refractivity contribution in [1.82, 2.24) is 14.5 Å². The fourth-order valence-corrected chi connectivity index (χ4v) is 6.01. The fourth-order valence-electron chi connectivity index (χ4n) is 4.88. The molecule has 0 bridgehead atoms. The van der Waals surface area contributed by atoms with Gasteiger partial charge in [-0.2, -0.15) is 0 Å². The standard InChI is InChI=1S/C33H36FN5O3S/c1-33(2,3)24-12-10-23(11-13-24)31(40)37-27-7-5-6-26(29(27)34)28-21-38(4)32(41)30(36-28)35-25-14-8-22(9-15-25)20-39-16-18-43(42)19-17-39/h5-15,21H,16-20H2,1-4H3,(H,35,36)(H,37,40). The highest BCUT2D eigenvalue weighted by Crippen LogP contribution is 2.28. The lowest BCUT2D eigenvalue weighted by Crippen LogP contribution is -2.37. The number of carbonyl (C=O) groups excluding carboxylic acids is 1. The van der Waals surface area contributed by atoms with E-state index in [2.05, 4.69) is 41.3 Å². The van der Waals surface area contributed by atoms with Crippen LogP contribution in [0.1, 0.15) is 42.3 Å². The summed E-state index contributed by atoms with van der Waals surface area (Å²) < 4.78 is 28.7. The summed E-state index contributed by atoms with van der Waals surface area (Å²) >= 11 is 0. The molecule has 8 nitrogen and oxygen atoms in total. The topological polar surface area (TPSA) is 96.3 Å². The van der Waals surface area contributed by atoms with Gasteiger partial charge in [0.15, 0.2) is 11.6 Å². The van der Waals surface area contributed by atoms with E-state index in [1.807, 2.05) is 36.4 Å². The molecule has 1 aliphatic rings. The lowest BCUT2D eigenvalue weighted by molar-refractivity contribution is 0.102. The number of hydrogen-bond acceptors (Lipinski definition) is 6. The Balaban J connectivity index is 1.33. The molecule has 0 unspecified atom stereocenters. The molecule has 0 spiro atoms. The van der Waals surface area contributed by atoms with Gasteiger partial charge < -0.3 is 15.2 Å². The second kappa shape index (κ2) is 12.6. The molecule has 2 heterocycles. The Hall–Kier alpha value is -4.15. The molecule has 0 saturated carbocycles. The largest absolute Gasteiger partial charge is 0.336 e. The monoisotopic (exact) mass is 601 g/mol. The van der Waals surface area contributed by atoms with Crippen molar-refractivity contribution in [2.45, 2.75) is 32.7 Å². The Morgan fingerprint density at radius 2 is 1.67 bits per heavy atom. The average Bonchev–Trinajstić information content (AvgIpc) is 2.98. The van der Waals surface area contributed by atoms with Crippen molar-refractivity contribution in [1.29, 1.82) is 0 Å². The Morgan fingerprint density at radius 3 is 2.33 bits per heavy atom. The van der Waals surface area contributed by atoms with Crippen molar-refractivity contribution in [2.24, 2.45) is 7.05 Å². The van der Waals surface area contributed by atoms with E-state index < -0.39 is 22.5 Å². The van der Waals surface area contributed by atoms with Crippen molar-refractivity contribution in [2.75, 3.05) is 35.2 Å². The van der Waals surface area contributed by atoms with E-state index in [9.17, 15) is 13.8 Å². The molecule has 1 fully saturated rings. The number of amides is 1. The molecular weight excluding hydrogens is 565 g/mol. The predicted molar refractivity (Wildman–Crippen MR) is 171 cm³/mol. The highest BCUT2D eigenvalue weighted by molar-refractivity contribution is 7.85. The number of anilines is 3. The third-order valence-corrected chi connectivity index (χ3v) is 8.78. The van der Waals surface area contributed by atoms with Crippen LogP contribution in [-0.2, 0) is 29.8 Å². The molecule has 2 N–H and O–H groups in total. The second-order valence-corrected chi connectivity index (χ2v) is 13.5. The first-order valence-corrected chi connectivity index (χ1v) is 15.7. The van der Waals surface area contributed by atoms with Crippen LogP contribution in [0.2, 0.25) is 0 Å². The van der Waals surface area contributed by atoms with Gasteiger partial charge in [0, 0.05) is 72.0 Å². The van der Waals surface area contributed by atoms with Gasteiger partial charge in [0.05, 0.1) is 11.4 Å². The molecule has 0 aliphatic carbocycles. The van der Waals surface area contributed by atoms with E-state index in [0.29, 0.717) is 22.8 Å². The zero-order valence-corrected chi connectivity index (χ0v) is 25.6. The normalized spacial score (nSPS) is 14.4. The van der Waals surface area contributed by atoms with Crippen LogP contribution in [0.15, 0.2) is 77.7 Å². The van der Waals surface area contributed by atoms with Crippen molar-refractivity contribution >= 4 is 33.9 Å². The van der Waals surface area contributed by atoms with Crippen molar-refractivity contribution < 1.29 is 13.4 Å². The summed E-state index contributed by atoms with van der Waals surface area (Å²) in [6.45, 7) is 8.67. The van der Waals surface area contributed by atoms with Crippen LogP contribution < -0.4 is 16.2 Å². The molecule has 0 atom stereocenters. The quantitative estimate of drug-likeness (QED) is 0.293. The molecule has 1 amide bonds. The van der Waals surface area contributed by atoms with E-state index in [1.165, 1.54) is 16.8 Å². The van der Waals surface area contributed by atoms with E-state index in [0.717, 1.165) is 30.8 Å². The number of carbonyl (C=O) groups is 1. The smallest absolute Gasteiger partial charge is 0.293 e. The number of benzene rings is 3. The maximum absolute atomic E-state index is 15.7. The first-order valence-electron chi connectivity index (χ1n) is 14.2. The zero-order chi connectivity index (χ0) is 30.7. The molecule has 5 rings (SSSR count). The Morgan fingerprint density at radius 1 is 1.00 bits per heavy atom. The maximum atomic E-state index is 15.7. The van der Waals surface area contributed by atoms with Gasteiger partial charge in [-0.25, -0.2) is 9.37 Å². The Labute approximate surface area is 253 Å². The molecule has 224 valence electrons. The molecule has 1 saturated heterocycles. The van der Waals surface area contributed by atoms with Gasteiger partial charge >= 0.3 is 0 Å². The number of aromatic nitrogens is 2. The lowest BCUT2D eigenvalue weighted by Gasteiger charge is -2.26. The molecule has 10 heteroatoms. The second-order valence-electron chi connectivity index (χ2n) is 11.8. The third-order valence-electron chi connectivity index (χ3n) is 7.50. The summed E-state index contributed by atoms with van der Waals surface area (Å²) in [5.74, 6) is 0.383. The summed E-state index contributed by atoms with van der Waals surface area (Å²) in [4.78, 5) is 32.6. The fraction of sp³-hybridized carbons (Fsp3) is 0.303. The highest BCUT2D eigenvalue weighted by Gasteiger charge is 2.19. The Kier molecular flexibility index (Phi) is 8.89. The van der Waals surface area contributed by atoms with Crippen molar-refractivity contribution in [3.63, 3.8) is 0 Å². The van der Waals surface area contributed by atoms with Crippen molar-refractivity contribution in [3.05, 3.63) is 106 Å². The number of nitrogens with one attached hydrogen (secondary N) is 2. The van der Waals surface area contributed by atoms with Gasteiger partial charge in [-0.15, -0.1) is 0 Å². The van der Waals surface area contributed by atoms with Crippen LogP contribution in [0.3, 0.4) is 0 Å². The SMILES string of the molecule is Cn1cc(-c2cccc(NC(=O)c3ccc(C(C)(C)C)cc3)c2F)nc(Nc2ccc(CN3CCS(=O)CC3)cc2)c1=O. The van der Waals surface area contributed by atoms with E-state index in [4.69, 9.17) is 0 Å². The lowest BCUT2D eigenvalue weighted by atomic mass is 9.87. The van der Waals surface area contributed by atoms with Crippen LogP contribution in [0, 0.1) is 5.82 Å². The molecule has 4 aromatic rings. The minimum Gasteiger partial charge on any atom is -0.336 e. The maximum Gasteiger partial charge on any atom is 0.293 e. The minimum atomic E-state index is -0.715. The van der Waals surface area contributed by atoms with E-state index in [-0.39, 0.29) is 33.7 Å². The molecule has 3 aromatic carbocycles. The highest BCUT2D eigenvalue weighted by atomic mass is 32.2. The first-order chi connectivity index (χ1) is 20.5. The van der Waals surface area contributed by atoms with Gasteiger partial charge in [0.25, 0.3) is 11.5 Å². The van der Waals surface area contributed by atoms with E-state index in [1.54, 1.807) is 31.3 Å². The van der Waals surface area contributed by atoms with Crippen LogP contribution in [0.25, 0.3) is 11.3 Å². The summed E-state index contributed by atoms with van der Waals surface area (Å²) in [5.41, 5.74) is 3.29. The number of halogens is 1. The number of aryl methyl sites for hydroxylation is 1. The van der Waals surface area contributed by atoms with Gasteiger partial charge in [0.2, 0.25) is 0 Å². The average molecular weight is 602 g/mol. The molecular formula is C33H36FN5O3S. The molecule has 0 radical (unpaired) electrons. The molecule has 1 aromatic heterocycles. The summed E-state index contributed by atoms with van der Waals surface area (Å²) in [6, 6.07) is 19.6.